The first kappa shape index (κ1) is 20.7. The number of benzene rings is 2. The van der Waals surface area contributed by atoms with E-state index in [-0.39, 0.29) is 12.2 Å². The Kier molecular flexibility index (Phi) is 6.52. The molecule has 1 amide bonds. The van der Waals surface area contributed by atoms with Gasteiger partial charge in [-0.1, -0.05) is 6.58 Å². The molecule has 0 radical (unpaired) electrons. The summed E-state index contributed by atoms with van der Waals surface area (Å²) in [5.41, 5.74) is 1.34. The van der Waals surface area contributed by atoms with E-state index in [1.165, 1.54) is 24.5 Å². The number of nitrogens with zero attached hydrogens (tertiary/aromatic N) is 3. The van der Waals surface area contributed by atoms with E-state index >= 15 is 0 Å². The molecule has 30 heavy (non-hydrogen) atoms. The standard InChI is InChI=1S/C21H18FN5O3/c1-3-20(28)27-18-9-15-17(10-19(18)30-7-6-29-2)24-12-25-21(15)26-14-4-5-16(22)13(8-14)11-23/h3-5,8-10,12H,1,6-7H2,2H3,(H,27,28)(H,24,25,26). The Hall–Kier alpha value is -4.03. The quantitative estimate of drug-likeness (QED) is 0.434. The molecule has 2 aromatic carbocycles. The fourth-order valence-corrected chi connectivity index (χ4v) is 2.64. The molecule has 0 unspecified atom stereocenters. The van der Waals surface area contributed by atoms with Gasteiger partial charge < -0.3 is 20.1 Å². The summed E-state index contributed by atoms with van der Waals surface area (Å²) in [7, 11) is 1.56. The van der Waals surface area contributed by atoms with Crippen LogP contribution < -0.4 is 15.4 Å². The molecular formula is C21H18FN5O3. The average Bonchev–Trinajstić information content (AvgIpc) is 2.75. The van der Waals surface area contributed by atoms with Gasteiger partial charge >= 0.3 is 0 Å². The third-order valence-corrected chi connectivity index (χ3v) is 4.07. The lowest BCUT2D eigenvalue weighted by molar-refractivity contribution is -0.111. The van der Waals surface area contributed by atoms with Gasteiger partial charge in [-0.3, -0.25) is 4.79 Å². The Balaban J connectivity index is 2.03. The zero-order chi connectivity index (χ0) is 21.5. The van der Waals surface area contributed by atoms with Gasteiger partial charge in [0.05, 0.1) is 23.4 Å². The summed E-state index contributed by atoms with van der Waals surface area (Å²) in [6.07, 6.45) is 2.51. The van der Waals surface area contributed by atoms with Crippen molar-refractivity contribution in [2.75, 3.05) is 31.0 Å². The molecule has 0 aliphatic heterocycles. The third-order valence-electron chi connectivity index (χ3n) is 4.07. The minimum atomic E-state index is -0.608. The van der Waals surface area contributed by atoms with Crippen molar-refractivity contribution in [2.45, 2.75) is 0 Å². The molecule has 1 aromatic heterocycles. The van der Waals surface area contributed by atoms with Crippen LogP contribution in [0.4, 0.5) is 21.6 Å². The summed E-state index contributed by atoms with van der Waals surface area (Å²) in [5.74, 6) is -0.196. The number of hydrogen-bond donors (Lipinski definition) is 2. The maximum absolute atomic E-state index is 13.6. The Bertz CT molecular complexity index is 1140. The fourth-order valence-electron chi connectivity index (χ4n) is 2.64. The van der Waals surface area contributed by atoms with Crippen molar-refractivity contribution in [3.8, 4) is 11.8 Å². The van der Waals surface area contributed by atoms with Gasteiger partial charge in [-0.25, -0.2) is 14.4 Å². The number of hydrogen-bond acceptors (Lipinski definition) is 7. The Labute approximate surface area is 172 Å². The number of nitriles is 1. The van der Waals surface area contributed by atoms with Gasteiger partial charge in [-0.15, -0.1) is 0 Å². The number of methoxy groups -OCH3 is 1. The molecule has 0 aliphatic carbocycles. The van der Waals surface area contributed by atoms with Crippen LogP contribution in [-0.2, 0) is 9.53 Å². The van der Waals surface area contributed by atoms with E-state index < -0.39 is 11.7 Å². The Morgan fingerprint density at radius 1 is 1.30 bits per heavy atom. The lowest BCUT2D eigenvalue weighted by Gasteiger charge is -2.15. The maximum atomic E-state index is 13.6. The molecule has 1 heterocycles. The SMILES string of the molecule is C=CC(=O)Nc1cc2c(Nc3ccc(F)c(C#N)c3)ncnc2cc1OCCOC. The minimum absolute atomic E-state index is 0.0915. The van der Waals surface area contributed by atoms with Crippen LogP contribution in [0.5, 0.6) is 5.75 Å². The topological polar surface area (TPSA) is 109 Å². The maximum Gasteiger partial charge on any atom is 0.247 e. The van der Waals surface area contributed by atoms with Gasteiger partial charge in [0, 0.05) is 24.2 Å². The normalized spacial score (nSPS) is 10.3. The van der Waals surface area contributed by atoms with Gasteiger partial charge in [0.1, 0.15) is 36.4 Å². The van der Waals surface area contributed by atoms with Crippen LogP contribution in [0.25, 0.3) is 10.9 Å². The molecule has 8 nitrogen and oxygen atoms in total. The van der Waals surface area contributed by atoms with Crippen LogP contribution in [0.15, 0.2) is 49.3 Å². The van der Waals surface area contributed by atoms with Gasteiger partial charge in [-0.05, 0) is 30.3 Å². The first-order valence-electron chi connectivity index (χ1n) is 8.86. The molecule has 0 saturated heterocycles. The van der Waals surface area contributed by atoms with Crippen LogP contribution in [0.3, 0.4) is 0 Å². The third kappa shape index (κ3) is 4.68. The molecule has 3 rings (SSSR count). The number of fused-ring (bicyclic) bond motifs is 1. The highest BCUT2D eigenvalue weighted by molar-refractivity contribution is 6.03. The minimum Gasteiger partial charge on any atom is -0.489 e. The Morgan fingerprint density at radius 2 is 2.13 bits per heavy atom. The van der Waals surface area contributed by atoms with Gasteiger partial charge in [0.15, 0.2) is 0 Å². The van der Waals surface area contributed by atoms with E-state index in [1.54, 1.807) is 25.3 Å². The number of carbonyl (C=O) groups is 1. The second-order valence-electron chi connectivity index (χ2n) is 6.05. The number of aromatic nitrogens is 2. The average molecular weight is 407 g/mol. The van der Waals surface area contributed by atoms with Crippen molar-refractivity contribution in [1.29, 1.82) is 5.26 Å². The van der Waals surface area contributed by atoms with Crippen LogP contribution in [0, 0.1) is 17.1 Å². The molecule has 0 bridgehead atoms. The summed E-state index contributed by atoms with van der Waals surface area (Å²) >= 11 is 0. The second kappa shape index (κ2) is 9.45. The molecule has 2 N–H and O–H groups in total. The van der Waals surface area contributed by atoms with Crippen molar-refractivity contribution in [3.05, 3.63) is 60.7 Å². The van der Waals surface area contributed by atoms with Crippen LogP contribution in [-0.4, -0.2) is 36.2 Å². The van der Waals surface area contributed by atoms with E-state index in [0.29, 0.717) is 40.5 Å². The molecular weight excluding hydrogens is 389 g/mol. The predicted molar refractivity (Wildman–Crippen MR) is 110 cm³/mol. The highest BCUT2D eigenvalue weighted by Crippen LogP contribution is 2.33. The second-order valence-corrected chi connectivity index (χ2v) is 6.05. The van der Waals surface area contributed by atoms with Crippen LogP contribution >= 0.6 is 0 Å². The molecule has 3 aromatic rings. The van der Waals surface area contributed by atoms with Gasteiger partial charge in [0.2, 0.25) is 5.91 Å². The first-order valence-corrected chi connectivity index (χ1v) is 8.86. The summed E-state index contributed by atoms with van der Waals surface area (Å²) < 4.78 is 24.3. The summed E-state index contributed by atoms with van der Waals surface area (Å²) in [4.78, 5) is 20.3. The van der Waals surface area contributed by atoms with Crippen molar-refractivity contribution < 1.29 is 18.7 Å². The smallest absolute Gasteiger partial charge is 0.247 e. The monoisotopic (exact) mass is 407 g/mol. The highest BCUT2D eigenvalue weighted by Gasteiger charge is 2.13. The number of rotatable bonds is 8. The van der Waals surface area contributed by atoms with E-state index in [9.17, 15) is 9.18 Å². The molecule has 0 atom stereocenters. The zero-order valence-corrected chi connectivity index (χ0v) is 16.1. The Morgan fingerprint density at radius 3 is 2.87 bits per heavy atom. The van der Waals surface area contributed by atoms with Crippen molar-refractivity contribution in [1.82, 2.24) is 9.97 Å². The molecule has 0 aliphatic rings. The predicted octanol–water partition coefficient (Wildman–Crippen LogP) is 3.53. The summed E-state index contributed by atoms with van der Waals surface area (Å²) in [5, 5.41) is 15.4. The number of carbonyl (C=O) groups excluding carboxylic acids is 1. The van der Waals surface area contributed by atoms with E-state index in [1.807, 2.05) is 0 Å². The number of ether oxygens (including phenoxy) is 2. The number of anilines is 3. The summed E-state index contributed by atoms with van der Waals surface area (Å²) in [6, 6.07) is 9.20. The lowest BCUT2D eigenvalue weighted by atomic mass is 10.1. The number of halogens is 1. The summed E-state index contributed by atoms with van der Waals surface area (Å²) in [6.45, 7) is 4.10. The number of amides is 1. The van der Waals surface area contributed by atoms with Crippen LogP contribution in [0.1, 0.15) is 5.56 Å². The first-order chi connectivity index (χ1) is 14.5. The van der Waals surface area contributed by atoms with E-state index in [4.69, 9.17) is 14.7 Å². The van der Waals surface area contributed by atoms with E-state index in [0.717, 1.165) is 6.08 Å². The van der Waals surface area contributed by atoms with Crippen molar-refractivity contribution in [3.63, 3.8) is 0 Å². The molecule has 0 saturated carbocycles. The van der Waals surface area contributed by atoms with E-state index in [2.05, 4.69) is 27.2 Å². The highest BCUT2D eigenvalue weighted by atomic mass is 19.1. The fraction of sp³-hybridized carbons (Fsp3) is 0.143. The molecule has 152 valence electrons. The van der Waals surface area contributed by atoms with Gasteiger partial charge in [0.25, 0.3) is 0 Å². The largest absolute Gasteiger partial charge is 0.489 e. The van der Waals surface area contributed by atoms with Crippen molar-refractivity contribution >= 4 is 34.0 Å². The molecule has 0 fully saturated rings. The molecule has 0 spiro atoms. The number of nitrogens with one attached hydrogen (secondary N) is 2. The zero-order valence-electron chi connectivity index (χ0n) is 16.1. The lowest BCUT2D eigenvalue weighted by Crippen LogP contribution is -2.11. The van der Waals surface area contributed by atoms with Crippen molar-refractivity contribution in [2.24, 2.45) is 0 Å². The van der Waals surface area contributed by atoms with Crippen LogP contribution in [0.2, 0.25) is 0 Å². The molecule has 9 heteroatoms. The van der Waals surface area contributed by atoms with Gasteiger partial charge in [-0.2, -0.15) is 5.26 Å².